The molecule has 76 valence electrons. The number of aliphatic hydroxyl groups excluding tert-OH is 1. The highest BCUT2D eigenvalue weighted by atomic mass is 16.2. The average molecular weight is 183 g/mol. The minimum atomic E-state index is 0.359. The molecule has 0 unspecified atom stereocenters. The highest BCUT2D eigenvalue weighted by Gasteiger charge is 1.92. The molecule has 2 nitrogen and oxygen atoms in total. The molecule has 0 aromatic heterocycles. The minimum absolute atomic E-state index is 0.359. The molecule has 13 heavy (non-hydrogen) atoms. The molecule has 0 saturated carbocycles. The normalized spacial score (nSPS) is 12.3. The first-order chi connectivity index (χ1) is 6.27. The third-order valence-corrected chi connectivity index (χ3v) is 1.78. The second-order valence-electron chi connectivity index (χ2n) is 3.61. The lowest BCUT2D eigenvalue weighted by atomic mass is 10.1. The molecule has 2 heteroatoms. The first-order valence-corrected chi connectivity index (χ1v) is 5.06. The van der Waals surface area contributed by atoms with Crippen LogP contribution in [-0.2, 0) is 0 Å². The zero-order valence-electron chi connectivity index (χ0n) is 8.74. The third kappa shape index (κ3) is 11.4. The lowest BCUT2D eigenvalue weighted by molar-refractivity contribution is 0.281. The maximum absolute atomic E-state index is 8.43. The molecule has 1 aliphatic heterocycles. The Morgan fingerprint density at radius 1 is 1.23 bits per heavy atom. The average Bonchev–Trinajstić information content (AvgIpc) is 1.94. The van der Waals surface area contributed by atoms with E-state index in [4.69, 9.17) is 5.11 Å². The summed E-state index contributed by atoms with van der Waals surface area (Å²) in [4.78, 5) is 3.61. The van der Waals surface area contributed by atoms with E-state index in [1.165, 1.54) is 19.3 Å². The van der Waals surface area contributed by atoms with Crippen molar-refractivity contribution in [2.45, 2.75) is 39.5 Å². The van der Waals surface area contributed by atoms with Crippen molar-refractivity contribution in [2.75, 3.05) is 6.61 Å². The van der Waals surface area contributed by atoms with Gasteiger partial charge in [0.15, 0.2) is 0 Å². The molecule has 0 aliphatic carbocycles. The Hall–Kier alpha value is -0.630. The van der Waals surface area contributed by atoms with Gasteiger partial charge >= 0.3 is 0 Å². The molecule has 0 amide bonds. The van der Waals surface area contributed by atoms with Crippen LogP contribution in [0.4, 0.5) is 0 Å². The molecule has 0 aromatic rings. The van der Waals surface area contributed by atoms with E-state index in [0.29, 0.717) is 6.61 Å². The van der Waals surface area contributed by atoms with Crippen molar-refractivity contribution in [3.63, 3.8) is 0 Å². The molecule has 1 N–H and O–H groups in total. The quantitative estimate of drug-likeness (QED) is 0.653. The monoisotopic (exact) mass is 183 g/mol. The van der Waals surface area contributed by atoms with Crippen LogP contribution in [-0.4, -0.2) is 17.9 Å². The van der Waals surface area contributed by atoms with Gasteiger partial charge in [0, 0.05) is 19.0 Å². The predicted octanol–water partition coefficient (Wildman–Crippen LogP) is 2.78. The summed E-state index contributed by atoms with van der Waals surface area (Å²) in [7, 11) is 0. The van der Waals surface area contributed by atoms with E-state index < -0.39 is 0 Å². The lowest BCUT2D eigenvalue weighted by Crippen LogP contribution is -1.88. The van der Waals surface area contributed by atoms with Gasteiger partial charge in [-0.1, -0.05) is 33.1 Å². The second-order valence-corrected chi connectivity index (χ2v) is 3.61. The van der Waals surface area contributed by atoms with E-state index in [1.54, 1.807) is 12.4 Å². The summed E-state index contributed by atoms with van der Waals surface area (Å²) >= 11 is 0. The minimum Gasteiger partial charge on any atom is -0.396 e. The highest BCUT2D eigenvalue weighted by Crippen LogP contribution is 2.06. The van der Waals surface area contributed by atoms with Crippen LogP contribution in [0.1, 0.15) is 39.5 Å². The van der Waals surface area contributed by atoms with Gasteiger partial charge in [0.25, 0.3) is 0 Å². The third-order valence-electron chi connectivity index (χ3n) is 1.78. The van der Waals surface area contributed by atoms with E-state index in [-0.39, 0.29) is 0 Å². The number of rotatable bonds is 5. The van der Waals surface area contributed by atoms with Crippen molar-refractivity contribution < 1.29 is 5.11 Å². The van der Waals surface area contributed by atoms with Crippen LogP contribution in [0.5, 0.6) is 0 Å². The molecular weight excluding hydrogens is 162 g/mol. The van der Waals surface area contributed by atoms with Gasteiger partial charge in [0.05, 0.1) is 0 Å². The van der Waals surface area contributed by atoms with Crippen molar-refractivity contribution in [3.05, 3.63) is 12.3 Å². The van der Waals surface area contributed by atoms with E-state index in [1.807, 2.05) is 6.08 Å². The summed E-state index contributed by atoms with van der Waals surface area (Å²) in [5.41, 5.74) is 0. The van der Waals surface area contributed by atoms with Gasteiger partial charge in [0.1, 0.15) is 0 Å². The molecule has 0 aromatic carbocycles. The summed E-state index contributed by atoms with van der Waals surface area (Å²) in [5, 5.41) is 8.43. The van der Waals surface area contributed by atoms with Crippen molar-refractivity contribution in [1.29, 1.82) is 0 Å². The van der Waals surface area contributed by atoms with Crippen LogP contribution in [0.15, 0.2) is 17.3 Å². The summed E-state index contributed by atoms with van der Waals surface area (Å²) in [6, 6.07) is 0. The fraction of sp³-hybridized carbons (Fsp3) is 0.727. The molecule has 0 saturated heterocycles. The molecule has 1 rings (SSSR count). The fourth-order valence-electron chi connectivity index (χ4n) is 0.927. The van der Waals surface area contributed by atoms with Gasteiger partial charge in [-0.25, -0.2) is 0 Å². The second kappa shape index (κ2) is 9.46. The number of aliphatic hydroxyl groups is 1. The summed E-state index contributed by atoms with van der Waals surface area (Å²) < 4.78 is 0. The first-order valence-electron chi connectivity index (χ1n) is 5.06. The zero-order chi connectivity index (χ0) is 9.94. The van der Waals surface area contributed by atoms with Crippen LogP contribution in [0.25, 0.3) is 0 Å². The number of allylic oxidation sites excluding steroid dienone is 1. The zero-order valence-corrected chi connectivity index (χ0v) is 8.74. The topological polar surface area (TPSA) is 32.6 Å². The number of hydrogen-bond donors (Lipinski definition) is 1. The van der Waals surface area contributed by atoms with E-state index in [0.717, 1.165) is 12.3 Å². The van der Waals surface area contributed by atoms with Crippen LogP contribution in [0.2, 0.25) is 0 Å². The van der Waals surface area contributed by atoms with Crippen LogP contribution >= 0.6 is 0 Å². The standard InChI is InChI=1S/C8H18O.C3H3N/c1-8(2)6-4-3-5-7-9;1-2-4-3-1/h8-9H,3-7H2,1-2H3;1-3H. The molecule has 0 spiro atoms. The van der Waals surface area contributed by atoms with Gasteiger partial charge in [-0.05, 0) is 18.4 Å². The molecule has 1 aliphatic rings. The van der Waals surface area contributed by atoms with Gasteiger partial charge in [0.2, 0.25) is 0 Å². The SMILES string of the molecule is C1=CN=C1.CC(C)CCCCCO. The van der Waals surface area contributed by atoms with Crippen molar-refractivity contribution in [1.82, 2.24) is 0 Å². The Labute approximate surface area is 81.4 Å². The Morgan fingerprint density at radius 2 is 1.77 bits per heavy atom. The maximum atomic E-state index is 8.43. The van der Waals surface area contributed by atoms with Crippen molar-refractivity contribution in [2.24, 2.45) is 10.9 Å². The van der Waals surface area contributed by atoms with E-state index in [9.17, 15) is 0 Å². The maximum Gasteiger partial charge on any atom is 0.0431 e. The smallest absolute Gasteiger partial charge is 0.0431 e. The van der Waals surface area contributed by atoms with Gasteiger partial charge < -0.3 is 5.11 Å². The number of aliphatic imine (C=N–C) groups is 1. The Morgan fingerprint density at radius 3 is 2.08 bits per heavy atom. The molecular formula is C11H21NO. The highest BCUT2D eigenvalue weighted by molar-refractivity contribution is 5.76. The Kier molecular flexibility index (Phi) is 9.00. The first kappa shape index (κ1) is 12.4. The Bertz CT molecular complexity index is 132. The van der Waals surface area contributed by atoms with Crippen molar-refractivity contribution >= 4 is 6.21 Å². The summed E-state index contributed by atoms with van der Waals surface area (Å²) in [6.07, 6.45) is 10.1. The predicted molar refractivity (Wildman–Crippen MR) is 58.0 cm³/mol. The van der Waals surface area contributed by atoms with Crippen LogP contribution in [0.3, 0.4) is 0 Å². The molecule has 1 heterocycles. The van der Waals surface area contributed by atoms with Crippen LogP contribution in [0, 0.1) is 5.92 Å². The molecule has 0 fully saturated rings. The summed E-state index contributed by atoms with van der Waals surface area (Å²) in [5.74, 6) is 0.823. The van der Waals surface area contributed by atoms with Crippen LogP contribution < -0.4 is 0 Å². The van der Waals surface area contributed by atoms with Gasteiger partial charge in [-0.15, -0.1) is 0 Å². The molecule has 0 atom stereocenters. The van der Waals surface area contributed by atoms with Gasteiger partial charge in [-0.2, -0.15) is 0 Å². The number of unbranched alkanes of at least 4 members (excludes halogenated alkanes) is 2. The Balaban J connectivity index is 0.000000293. The lowest BCUT2D eigenvalue weighted by Gasteiger charge is -2.01. The molecule has 0 bridgehead atoms. The molecule has 0 radical (unpaired) electrons. The number of nitrogens with zero attached hydrogens (tertiary/aromatic N) is 1. The summed E-state index contributed by atoms with van der Waals surface area (Å²) in [6.45, 7) is 4.83. The number of hydrogen-bond acceptors (Lipinski definition) is 2. The largest absolute Gasteiger partial charge is 0.396 e. The van der Waals surface area contributed by atoms with E-state index in [2.05, 4.69) is 18.8 Å². The van der Waals surface area contributed by atoms with Crippen molar-refractivity contribution in [3.8, 4) is 0 Å². The fourth-order valence-corrected chi connectivity index (χ4v) is 0.927. The van der Waals surface area contributed by atoms with Gasteiger partial charge in [-0.3, -0.25) is 4.99 Å². The van der Waals surface area contributed by atoms with E-state index >= 15 is 0 Å².